The lowest BCUT2D eigenvalue weighted by Crippen LogP contribution is -2.22. The zero-order chi connectivity index (χ0) is 11.4. The maximum absolute atomic E-state index is 10.6. The largest absolute Gasteiger partial charge is 0.396 e. The summed E-state index contributed by atoms with van der Waals surface area (Å²) in [5.74, 6) is 0. The third-order valence-corrected chi connectivity index (χ3v) is 3.55. The minimum atomic E-state index is -0.605. The maximum Gasteiger partial charge on any atom is 0.0899 e. The molecule has 1 aromatic carbocycles. The zero-order valence-electron chi connectivity index (χ0n) is 9.65. The molecular weight excluding hydrogens is 200 g/mol. The Labute approximate surface area is 96.9 Å². The summed E-state index contributed by atoms with van der Waals surface area (Å²) in [6.07, 6.45) is 5.62. The van der Waals surface area contributed by atoms with Crippen LogP contribution in [0.15, 0.2) is 24.3 Å². The van der Waals surface area contributed by atoms with E-state index in [2.05, 4.69) is 6.07 Å². The van der Waals surface area contributed by atoms with Crippen LogP contribution in [0.2, 0.25) is 0 Å². The van der Waals surface area contributed by atoms with Gasteiger partial charge >= 0.3 is 0 Å². The Morgan fingerprint density at radius 2 is 1.81 bits per heavy atom. The molecule has 0 spiro atoms. The van der Waals surface area contributed by atoms with Gasteiger partial charge < -0.3 is 10.2 Å². The molecule has 0 atom stereocenters. The normalized spacial score (nSPS) is 18.9. The minimum absolute atomic E-state index is 0.215. The lowest BCUT2D eigenvalue weighted by molar-refractivity contribution is 0.0435. The van der Waals surface area contributed by atoms with E-state index in [1.807, 2.05) is 18.2 Å². The summed E-state index contributed by atoms with van der Waals surface area (Å²) in [7, 11) is 0. The highest BCUT2D eigenvalue weighted by molar-refractivity contribution is 5.33. The molecule has 0 bridgehead atoms. The van der Waals surface area contributed by atoms with E-state index in [-0.39, 0.29) is 6.61 Å². The van der Waals surface area contributed by atoms with Gasteiger partial charge in [-0.2, -0.15) is 0 Å². The van der Waals surface area contributed by atoms with Gasteiger partial charge in [0.05, 0.1) is 5.60 Å². The predicted molar refractivity (Wildman–Crippen MR) is 64.2 cm³/mol. The van der Waals surface area contributed by atoms with Gasteiger partial charge in [-0.05, 0) is 36.8 Å². The Balaban J connectivity index is 2.24. The quantitative estimate of drug-likeness (QED) is 0.818. The van der Waals surface area contributed by atoms with Crippen LogP contribution >= 0.6 is 0 Å². The van der Waals surface area contributed by atoms with Crippen molar-refractivity contribution in [3.63, 3.8) is 0 Å². The van der Waals surface area contributed by atoms with Crippen LogP contribution in [0.1, 0.15) is 43.2 Å². The van der Waals surface area contributed by atoms with E-state index >= 15 is 0 Å². The summed E-state index contributed by atoms with van der Waals surface area (Å²) < 4.78 is 0. The molecule has 1 fully saturated rings. The van der Waals surface area contributed by atoms with E-state index in [0.717, 1.165) is 44.1 Å². The minimum Gasteiger partial charge on any atom is -0.396 e. The van der Waals surface area contributed by atoms with Crippen LogP contribution in [-0.4, -0.2) is 16.8 Å². The van der Waals surface area contributed by atoms with E-state index in [9.17, 15) is 5.11 Å². The summed E-state index contributed by atoms with van der Waals surface area (Å²) in [6.45, 7) is 0.215. The van der Waals surface area contributed by atoms with Crippen molar-refractivity contribution >= 4 is 0 Å². The first-order valence-corrected chi connectivity index (χ1v) is 6.18. The summed E-state index contributed by atoms with van der Waals surface area (Å²) >= 11 is 0. The number of aryl methyl sites for hydroxylation is 1. The molecule has 2 N–H and O–H groups in total. The van der Waals surface area contributed by atoms with Crippen molar-refractivity contribution in [1.29, 1.82) is 0 Å². The van der Waals surface area contributed by atoms with Crippen LogP contribution in [0, 0.1) is 0 Å². The van der Waals surface area contributed by atoms with Crippen molar-refractivity contribution in [3.05, 3.63) is 35.4 Å². The van der Waals surface area contributed by atoms with Gasteiger partial charge in [0.15, 0.2) is 0 Å². The van der Waals surface area contributed by atoms with Crippen LogP contribution < -0.4 is 0 Å². The highest BCUT2D eigenvalue weighted by atomic mass is 16.3. The van der Waals surface area contributed by atoms with Gasteiger partial charge in [-0.15, -0.1) is 0 Å². The molecule has 2 nitrogen and oxygen atoms in total. The SMILES string of the molecule is OCCCc1ccccc1C1(O)CCCC1. The highest BCUT2D eigenvalue weighted by Gasteiger charge is 2.34. The van der Waals surface area contributed by atoms with Gasteiger partial charge in [0.2, 0.25) is 0 Å². The van der Waals surface area contributed by atoms with Gasteiger partial charge in [0, 0.05) is 6.61 Å². The molecule has 0 unspecified atom stereocenters. The summed E-state index contributed by atoms with van der Waals surface area (Å²) in [5, 5.41) is 19.5. The molecule has 88 valence electrons. The lowest BCUT2D eigenvalue weighted by atomic mass is 9.87. The number of aliphatic hydroxyl groups excluding tert-OH is 1. The monoisotopic (exact) mass is 220 g/mol. The van der Waals surface area contributed by atoms with Crippen LogP contribution in [-0.2, 0) is 12.0 Å². The zero-order valence-corrected chi connectivity index (χ0v) is 9.65. The molecular formula is C14H20O2. The van der Waals surface area contributed by atoms with E-state index in [0.29, 0.717) is 0 Å². The Hall–Kier alpha value is -0.860. The number of benzene rings is 1. The fourth-order valence-corrected chi connectivity index (χ4v) is 2.69. The smallest absolute Gasteiger partial charge is 0.0899 e. The summed E-state index contributed by atoms with van der Waals surface area (Å²) in [5.41, 5.74) is 1.67. The number of rotatable bonds is 4. The third kappa shape index (κ3) is 2.28. The van der Waals surface area contributed by atoms with Crippen LogP contribution in [0.4, 0.5) is 0 Å². The van der Waals surface area contributed by atoms with E-state index < -0.39 is 5.60 Å². The highest BCUT2D eigenvalue weighted by Crippen LogP contribution is 2.40. The third-order valence-electron chi connectivity index (χ3n) is 3.55. The topological polar surface area (TPSA) is 40.5 Å². The number of hydrogen-bond acceptors (Lipinski definition) is 2. The molecule has 0 radical (unpaired) electrons. The molecule has 0 amide bonds. The molecule has 1 aliphatic rings. The van der Waals surface area contributed by atoms with Gasteiger partial charge in [0.1, 0.15) is 0 Å². The molecule has 0 heterocycles. The molecule has 16 heavy (non-hydrogen) atoms. The Morgan fingerprint density at radius 3 is 2.50 bits per heavy atom. The van der Waals surface area contributed by atoms with Crippen molar-refractivity contribution < 1.29 is 10.2 Å². The maximum atomic E-state index is 10.6. The van der Waals surface area contributed by atoms with Crippen LogP contribution in [0.25, 0.3) is 0 Å². The Kier molecular flexibility index (Phi) is 3.62. The lowest BCUT2D eigenvalue weighted by Gasteiger charge is -2.25. The van der Waals surface area contributed by atoms with Crippen LogP contribution in [0.3, 0.4) is 0 Å². The predicted octanol–water partition coefficient (Wildman–Crippen LogP) is 2.37. The standard InChI is InChI=1S/C14H20O2/c15-11-5-7-12-6-1-2-8-13(12)14(16)9-3-4-10-14/h1-2,6,8,15-16H,3-5,7,9-11H2. The first-order chi connectivity index (χ1) is 7.76. The molecule has 0 aliphatic heterocycles. The van der Waals surface area contributed by atoms with Crippen molar-refractivity contribution in [3.8, 4) is 0 Å². The average Bonchev–Trinajstić information content (AvgIpc) is 2.75. The van der Waals surface area contributed by atoms with Crippen molar-refractivity contribution in [2.75, 3.05) is 6.61 Å². The van der Waals surface area contributed by atoms with Gasteiger partial charge in [-0.25, -0.2) is 0 Å². The fraction of sp³-hybridized carbons (Fsp3) is 0.571. The van der Waals surface area contributed by atoms with E-state index in [4.69, 9.17) is 5.11 Å². The second kappa shape index (κ2) is 4.98. The second-order valence-corrected chi connectivity index (χ2v) is 4.72. The average molecular weight is 220 g/mol. The molecule has 1 saturated carbocycles. The van der Waals surface area contributed by atoms with E-state index in [1.165, 1.54) is 5.56 Å². The summed E-state index contributed by atoms with van der Waals surface area (Å²) in [6, 6.07) is 8.11. The molecule has 2 rings (SSSR count). The van der Waals surface area contributed by atoms with E-state index in [1.54, 1.807) is 0 Å². The Bertz CT molecular complexity index is 340. The number of hydrogen-bond donors (Lipinski definition) is 2. The molecule has 1 aliphatic carbocycles. The molecule has 2 heteroatoms. The number of aliphatic hydroxyl groups is 2. The van der Waals surface area contributed by atoms with Crippen molar-refractivity contribution in [1.82, 2.24) is 0 Å². The van der Waals surface area contributed by atoms with Crippen molar-refractivity contribution in [2.24, 2.45) is 0 Å². The molecule has 0 aromatic heterocycles. The Morgan fingerprint density at radius 1 is 1.12 bits per heavy atom. The first kappa shape index (κ1) is 11.6. The first-order valence-electron chi connectivity index (χ1n) is 6.18. The van der Waals surface area contributed by atoms with Gasteiger partial charge in [-0.1, -0.05) is 37.1 Å². The fourth-order valence-electron chi connectivity index (χ4n) is 2.69. The van der Waals surface area contributed by atoms with Gasteiger partial charge in [-0.3, -0.25) is 0 Å². The molecule has 1 aromatic rings. The summed E-state index contributed by atoms with van der Waals surface area (Å²) in [4.78, 5) is 0. The second-order valence-electron chi connectivity index (χ2n) is 4.72. The van der Waals surface area contributed by atoms with Crippen molar-refractivity contribution in [2.45, 2.75) is 44.1 Å². The molecule has 0 saturated heterocycles. The van der Waals surface area contributed by atoms with Crippen LogP contribution in [0.5, 0.6) is 0 Å². The van der Waals surface area contributed by atoms with Gasteiger partial charge in [0.25, 0.3) is 0 Å².